The molecule has 4 rings (SSSR count). The van der Waals surface area contributed by atoms with Crippen molar-refractivity contribution < 1.29 is 4.79 Å². The van der Waals surface area contributed by atoms with Gasteiger partial charge < -0.3 is 0 Å². The molecule has 0 bridgehead atoms. The number of rotatable bonds is 4. The monoisotopic (exact) mass is 269 g/mol. The third-order valence-electron chi connectivity index (χ3n) is 5.76. The number of hydrogen-bond acceptors (Lipinski definition) is 2. The summed E-state index contributed by atoms with van der Waals surface area (Å²) in [7, 11) is 0. The van der Waals surface area contributed by atoms with Gasteiger partial charge in [-0.2, -0.15) is 0 Å². The van der Waals surface area contributed by atoms with Gasteiger partial charge >= 0.3 is 0 Å². The molecular formula is C18H23NO. The first-order valence-corrected chi connectivity index (χ1v) is 8.17. The van der Waals surface area contributed by atoms with Crippen LogP contribution in [0, 0.1) is 5.92 Å². The Bertz CT molecular complexity index is 489. The third kappa shape index (κ3) is 2.10. The molecule has 1 aromatic rings. The fraction of sp³-hybridized carbons (Fsp3) is 0.611. The van der Waals surface area contributed by atoms with Crippen LogP contribution < -0.4 is 0 Å². The van der Waals surface area contributed by atoms with E-state index < -0.39 is 0 Å². The summed E-state index contributed by atoms with van der Waals surface area (Å²) in [5.74, 6) is 1.56. The van der Waals surface area contributed by atoms with E-state index in [4.69, 9.17) is 0 Å². The maximum atomic E-state index is 10.9. The highest BCUT2D eigenvalue weighted by Crippen LogP contribution is 2.48. The lowest BCUT2D eigenvalue weighted by molar-refractivity contribution is 0.112. The summed E-state index contributed by atoms with van der Waals surface area (Å²) in [4.78, 5) is 13.6. The Hall–Kier alpha value is -1.15. The second-order valence-electron chi connectivity index (χ2n) is 6.85. The summed E-state index contributed by atoms with van der Waals surface area (Å²) in [6.07, 6.45) is 9.34. The molecule has 20 heavy (non-hydrogen) atoms. The van der Waals surface area contributed by atoms with Crippen LogP contribution >= 0.6 is 0 Å². The van der Waals surface area contributed by atoms with Gasteiger partial charge in [-0.25, -0.2) is 0 Å². The molecule has 0 amide bonds. The molecule has 2 heterocycles. The van der Waals surface area contributed by atoms with Gasteiger partial charge in [0.05, 0.1) is 0 Å². The molecule has 0 spiro atoms. The molecule has 0 aromatic heterocycles. The maximum Gasteiger partial charge on any atom is 0.150 e. The first-order chi connectivity index (χ1) is 9.86. The molecule has 3 fully saturated rings. The zero-order valence-electron chi connectivity index (χ0n) is 12.0. The van der Waals surface area contributed by atoms with Crippen molar-refractivity contribution in [2.75, 3.05) is 6.54 Å². The molecule has 4 unspecified atom stereocenters. The first kappa shape index (κ1) is 12.6. The Labute approximate surface area is 121 Å². The lowest BCUT2D eigenvalue weighted by atomic mass is 9.78. The molecule has 3 aliphatic rings. The van der Waals surface area contributed by atoms with Gasteiger partial charge in [-0.15, -0.1) is 0 Å². The zero-order valence-corrected chi connectivity index (χ0v) is 12.0. The number of carbonyl (C=O) groups excluding carboxylic acids is 1. The predicted molar refractivity (Wildman–Crippen MR) is 80.0 cm³/mol. The quantitative estimate of drug-likeness (QED) is 0.614. The molecule has 2 heteroatoms. The Balaban J connectivity index is 1.63. The van der Waals surface area contributed by atoms with Crippen molar-refractivity contribution in [2.24, 2.45) is 5.92 Å². The summed E-state index contributed by atoms with van der Waals surface area (Å²) < 4.78 is 0. The van der Waals surface area contributed by atoms with Gasteiger partial charge in [-0.05, 0) is 37.2 Å². The third-order valence-corrected chi connectivity index (χ3v) is 5.76. The zero-order chi connectivity index (χ0) is 13.5. The van der Waals surface area contributed by atoms with Gasteiger partial charge in [0, 0.05) is 30.1 Å². The molecule has 2 saturated heterocycles. The molecule has 106 valence electrons. The van der Waals surface area contributed by atoms with Crippen LogP contribution in [-0.4, -0.2) is 29.8 Å². The Kier molecular flexibility index (Phi) is 3.14. The van der Waals surface area contributed by atoms with Crippen molar-refractivity contribution in [1.82, 2.24) is 4.90 Å². The normalized spacial score (nSPS) is 33.9. The van der Waals surface area contributed by atoms with Crippen LogP contribution in [0.1, 0.15) is 60.4 Å². The highest BCUT2D eigenvalue weighted by Gasteiger charge is 2.50. The fourth-order valence-electron chi connectivity index (χ4n) is 4.70. The molecule has 4 atom stereocenters. The van der Waals surface area contributed by atoms with Crippen molar-refractivity contribution in [3.63, 3.8) is 0 Å². The van der Waals surface area contributed by atoms with E-state index in [1.807, 2.05) is 12.1 Å². The number of nitrogens with zero attached hydrogens (tertiary/aromatic N) is 1. The molecule has 1 aromatic carbocycles. The summed E-state index contributed by atoms with van der Waals surface area (Å²) in [6, 6.07) is 10.1. The predicted octanol–water partition coefficient (Wildman–Crippen LogP) is 3.62. The van der Waals surface area contributed by atoms with Crippen LogP contribution in [0.15, 0.2) is 24.3 Å². The van der Waals surface area contributed by atoms with E-state index in [9.17, 15) is 4.79 Å². The minimum Gasteiger partial charge on any atom is -0.298 e. The average Bonchev–Trinajstić information content (AvgIpc) is 2.89. The van der Waals surface area contributed by atoms with E-state index in [0.717, 1.165) is 29.9 Å². The fourth-order valence-corrected chi connectivity index (χ4v) is 4.70. The van der Waals surface area contributed by atoms with Gasteiger partial charge in [0.25, 0.3) is 0 Å². The van der Waals surface area contributed by atoms with Gasteiger partial charge in [0.2, 0.25) is 0 Å². The highest BCUT2D eigenvalue weighted by atomic mass is 16.1. The van der Waals surface area contributed by atoms with Crippen LogP contribution in [0.2, 0.25) is 0 Å². The van der Waals surface area contributed by atoms with Crippen molar-refractivity contribution >= 4 is 6.29 Å². The Morgan fingerprint density at radius 2 is 1.80 bits per heavy atom. The second-order valence-corrected chi connectivity index (χ2v) is 6.85. The van der Waals surface area contributed by atoms with Crippen molar-refractivity contribution in [1.29, 1.82) is 0 Å². The average molecular weight is 269 g/mol. The minimum atomic E-state index is 0.700. The van der Waals surface area contributed by atoms with E-state index in [2.05, 4.69) is 17.0 Å². The van der Waals surface area contributed by atoms with Crippen molar-refractivity contribution in [3.05, 3.63) is 35.4 Å². The number of piperidine rings is 1. The van der Waals surface area contributed by atoms with E-state index in [-0.39, 0.29) is 0 Å². The first-order valence-electron chi connectivity index (χ1n) is 8.17. The van der Waals surface area contributed by atoms with E-state index in [1.54, 1.807) is 0 Å². The molecule has 0 N–H and O–H groups in total. The number of hydrogen-bond donors (Lipinski definition) is 0. The van der Waals surface area contributed by atoms with Crippen molar-refractivity contribution in [2.45, 2.75) is 56.5 Å². The van der Waals surface area contributed by atoms with Crippen LogP contribution in [-0.2, 0) is 0 Å². The van der Waals surface area contributed by atoms with E-state index in [0.29, 0.717) is 5.92 Å². The molecule has 1 saturated carbocycles. The summed E-state index contributed by atoms with van der Waals surface area (Å²) in [6.45, 7) is 1.33. The summed E-state index contributed by atoms with van der Waals surface area (Å²) in [5.41, 5.74) is 2.27. The molecule has 2 aliphatic heterocycles. The highest BCUT2D eigenvalue weighted by molar-refractivity contribution is 5.74. The van der Waals surface area contributed by atoms with Gasteiger partial charge in [-0.3, -0.25) is 9.69 Å². The standard InChI is InChI=1S/C18H23NO/c20-12-13-5-7-15(8-6-13)18(14-3-1-2-4-14)17-10-9-16-11-19(16)17/h5-8,12,14,16-18H,1-4,9-11H2. The summed E-state index contributed by atoms with van der Waals surface area (Å²) in [5, 5.41) is 0. The topological polar surface area (TPSA) is 20.1 Å². The number of fused-ring (bicyclic) bond motifs is 1. The van der Waals surface area contributed by atoms with Crippen LogP contribution in [0.25, 0.3) is 0 Å². The smallest absolute Gasteiger partial charge is 0.150 e. The number of carbonyl (C=O) groups is 1. The van der Waals surface area contributed by atoms with Crippen molar-refractivity contribution in [3.8, 4) is 0 Å². The molecule has 2 nitrogen and oxygen atoms in total. The number of benzene rings is 1. The van der Waals surface area contributed by atoms with E-state index in [1.165, 1.54) is 50.6 Å². The molecule has 1 aliphatic carbocycles. The largest absolute Gasteiger partial charge is 0.298 e. The Morgan fingerprint density at radius 3 is 2.35 bits per heavy atom. The van der Waals surface area contributed by atoms with Gasteiger partial charge in [-0.1, -0.05) is 37.1 Å². The SMILES string of the molecule is O=Cc1ccc(C(C2CCCC2)C2CCC3CN32)cc1. The Morgan fingerprint density at radius 1 is 1.05 bits per heavy atom. The lowest BCUT2D eigenvalue weighted by Gasteiger charge is -2.31. The number of aldehydes is 1. The minimum absolute atomic E-state index is 0.700. The summed E-state index contributed by atoms with van der Waals surface area (Å²) >= 11 is 0. The van der Waals surface area contributed by atoms with Gasteiger partial charge in [0.1, 0.15) is 6.29 Å². The van der Waals surface area contributed by atoms with Crippen LogP contribution in [0.4, 0.5) is 0 Å². The lowest BCUT2D eigenvalue weighted by Crippen LogP contribution is -2.29. The van der Waals surface area contributed by atoms with Gasteiger partial charge in [0.15, 0.2) is 0 Å². The molecule has 0 radical (unpaired) electrons. The van der Waals surface area contributed by atoms with Crippen LogP contribution in [0.3, 0.4) is 0 Å². The maximum absolute atomic E-state index is 10.9. The molecular weight excluding hydrogens is 246 g/mol. The second kappa shape index (κ2) is 5.00. The van der Waals surface area contributed by atoms with E-state index >= 15 is 0 Å². The van der Waals surface area contributed by atoms with Crippen LogP contribution in [0.5, 0.6) is 0 Å².